The standard InChI is InChI=1S/C13H16N2O2S.ClH/c1-16-10-3-2-4-11-12(10)15-13(18-11)17-9-5-7-14-8-6-9;/h2-4,9,14H,5-8H2,1H3;1H. The van der Waals surface area contributed by atoms with Crippen LogP contribution in [-0.2, 0) is 0 Å². The molecular weight excluding hydrogens is 284 g/mol. The molecule has 1 aliphatic heterocycles. The van der Waals surface area contributed by atoms with Crippen molar-refractivity contribution in [2.45, 2.75) is 18.9 Å². The van der Waals surface area contributed by atoms with Crippen LogP contribution in [-0.4, -0.2) is 31.3 Å². The van der Waals surface area contributed by atoms with Gasteiger partial charge in [-0.25, -0.2) is 0 Å². The number of thiazole rings is 1. The number of fused-ring (bicyclic) bond motifs is 1. The van der Waals surface area contributed by atoms with E-state index in [0.717, 1.165) is 47.1 Å². The third kappa shape index (κ3) is 3.11. The first-order valence-corrected chi connectivity index (χ1v) is 6.99. The summed E-state index contributed by atoms with van der Waals surface area (Å²) in [6, 6.07) is 5.95. The molecule has 1 aromatic heterocycles. The number of para-hydroxylation sites is 1. The number of nitrogens with one attached hydrogen (secondary N) is 1. The van der Waals surface area contributed by atoms with Gasteiger partial charge in [-0.2, -0.15) is 4.98 Å². The quantitative estimate of drug-likeness (QED) is 0.946. The van der Waals surface area contributed by atoms with Gasteiger partial charge in [0.15, 0.2) is 0 Å². The van der Waals surface area contributed by atoms with E-state index in [9.17, 15) is 0 Å². The highest BCUT2D eigenvalue weighted by atomic mass is 35.5. The van der Waals surface area contributed by atoms with Gasteiger partial charge in [-0.1, -0.05) is 17.4 Å². The largest absolute Gasteiger partial charge is 0.494 e. The summed E-state index contributed by atoms with van der Waals surface area (Å²) in [4.78, 5) is 4.53. The number of nitrogens with zero attached hydrogens (tertiary/aromatic N) is 1. The topological polar surface area (TPSA) is 43.4 Å². The first-order valence-electron chi connectivity index (χ1n) is 6.18. The lowest BCUT2D eigenvalue weighted by atomic mass is 10.1. The van der Waals surface area contributed by atoms with Crippen LogP contribution in [0.2, 0.25) is 0 Å². The highest BCUT2D eigenvalue weighted by molar-refractivity contribution is 7.20. The maximum absolute atomic E-state index is 5.95. The van der Waals surface area contributed by atoms with Crippen LogP contribution in [0.15, 0.2) is 18.2 Å². The van der Waals surface area contributed by atoms with E-state index in [0.29, 0.717) is 0 Å². The molecule has 0 saturated carbocycles. The maximum Gasteiger partial charge on any atom is 0.274 e. The number of rotatable bonds is 3. The Balaban J connectivity index is 0.00000133. The number of benzene rings is 1. The molecule has 1 aromatic carbocycles. The Hall–Kier alpha value is -1.04. The zero-order valence-corrected chi connectivity index (χ0v) is 12.4. The Morgan fingerprint density at radius 2 is 2.11 bits per heavy atom. The summed E-state index contributed by atoms with van der Waals surface area (Å²) in [5.74, 6) is 0.809. The van der Waals surface area contributed by atoms with Gasteiger partial charge in [-0.3, -0.25) is 0 Å². The first-order chi connectivity index (χ1) is 8.86. The van der Waals surface area contributed by atoms with E-state index in [1.807, 2.05) is 18.2 Å². The van der Waals surface area contributed by atoms with Crippen LogP contribution in [0, 0.1) is 0 Å². The minimum absolute atomic E-state index is 0. The number of hydrogen-bond donors (Lipinski definition) is 1. The predicted molar refractivity (Wildman–Crippen MR) is 79.9 cm³/mol. The van der Waals surface area contributed by atoms with Crippen LogP contribution >= 0.6 is 23.7 Å². The third-order valence-corrected chi connectivity index (χ3v) is 4.05. The van der Waals surface area contributed by atoms with E-state index in [1.54, 1.807) is 18.4 Å². The van der Waals surface area contributed by atoms with Crippen molar-refractivity contribution < 1.29 is 9.47 Å². The summed E-state index contributed by atoms with van der Waals surface area (Å²) in [5.41, 5.74) is 0.897. The van der Waals surface area contributed by atoms with Crippen molar-refractivity contribution in [3.05, 3.63) is 18.2 Å². The molecule has 19 heavy (non-hydrogen) atoms. The monoisotopic (exact) mass is 300 g/mol. The molecule has 0 bridgehead atoms. The van der Waals surface area contributed by atoms with Gasteiger partial charge in [0.25, 0.3) is 5.19 Å². The average Bonchev–Trinajstić information content (AvgIpc) is 2.82. The Morgan fingerprint density at radius 1 is 1.32 bits per heavy atom. The number of aromatic nitrogens is 1. The molecule has 0 spiro atoms. The summed E-state index contributed by atoms with van der Waals surface area (Å²) in [6.07, 6.45) is 2.39. The van der Waals surface area contributed by atoms with Crippen LogP contribution in [0.1, 0.15) is 12.8 Å². The second-order valence-corrected chi connectivity index (χ2v) is 5.35. The normalized spacial score (nSPS) is 16.1. The van der Waals surface area contributed by atoms with Crippen molar-refractivity contribution in [1.29, 1.82) is 0 Å². The molecule has 0 aliphatic carbocycles. The number of piperidine rings is 1. The van der Waals surface area contributed by atoms with Gasteiger partial charge in [0.05, 0.1) is 11.8 Å². The zero-order chi connectivity index (χ0) is 12.4. The van der Waals surface area contributed by atoms with Crippen LogP contribution in [0.25, 0.3) is 10.2 Å². The molecule has 4 nitrogen and oxygen atoms in total. The second-order valence-electron chi connectivity index (χ2n) is 4.35. The number of ether oxygens (including phenoxy) is 2. The van der Waals surface area contributed by atoms with Gasteiger partial charge in [0.1, 0.15) is 17.4 Å². The highest BCUT2D eigenvalue weighted by Crippen LogP contribution is 2.34. The SMILES string of the molecule is COc1cccc2sc(OC3CCNCC3)nc12.Cl. The van der Waals surface area contributed by atoms with Crippen molar-refractivity contribution >= 4 is 34.0 Å². The number of halogens is 1. The molecule has 2 heterocycles. The zero-order valence-electron chi connectivity index (χ0n) is 10.7. The minimum atomic E-state index is 0. The highest BCUT2D eigenvalue weighted by Gasteiger charge is 2.17. The molecule has 1 saturated heterocycles. The minimum Gasteiger partial charge on any atom is -0.494 e. The van der Waals surface area contributed by atoms with E-state index < -0.39 is 0 Å². The Labute approximate surface area is 122 Å². The summed E-state index contributed by atoms with van der Waals surface area (Å²) in [7, 11) is 1.67. The Morgan fingerprint density at radius 3 is 2.84 bits per heavy atom. The van der Waals surface area contributed by atoms with Gasteiger partial charge in [-0.05, 0) is 38.1 Å². The van der Waals surface area contributed by atoms with Crippen molar-refractivity contribution in [3.8, 4) is 10.9 Å². The summed E-state index contributed by atoms with van der Waals surface area (Å²) in [6.45, 7) is 2.05. The summed E-state index contributed by atoms with van der Waals surface area (Å²) in [5, 5.41) is 4.08. The molecule has 0 atom stereocenters. The molecule has 104 valence electrons. The molecule has 0 unspecified atom stereocenters. The van der Waals surface area contributed by atoms with Gasteiger partial charge in [0, 0.05) is 0 Å². The summed E-state index contributed by atoms with van der Waals surface area (Å²) >= 11 is 1.59. The van der Waals surface area contributed by atoms with Crippen LogP contribution < -0.4 is 14.8 Å². The second kappa shape index (κ2) is 6.41. The lowest BCUT2D eigenvalue weighted by molar-refractivity contribution is 0.162. The molecule has 3 rings (SSSR count). The molecule has 2 aromatic rings. The number of methoxy groups -OCH3 is 1. The van der Waals surface area contributed by atoms with Crippen LogP contribution in [0.3, 0.4) is 0 Å². The van der Waals surface area contributed by atoms with E-state index in [2.05, 4.69) is 10.3 Å². The molecule has 1 aliphatic rings. The number of hydrogen-bond acceptors (Lipinski definition) is 5. The fourth-order valence-electron chi connectivity index (χ4n) is 2.17. The molecular formula is C13H17ClN2O2S. The van der Waals surface area contributed by atoms with Crippen molar-refractivity contribution in [2.75, 3.05) is 20.2 Å². The Bertz CT molecular complexity index is 540. The lowest BCUT2D eigenvalue weighted by Crippen LogP contribution is -2.34. The molecule has 1 N–H and O–H groups in total. The van der Waals surface area contributed by atoms with Gasteiger partial charge < -0.3 is 14.8 Å². The fraction of sp³-hybridized carbons (Fsp3) is 0.462. The van der Waals surface area contributed by atoms with E-state index in [4.69, 9.17) is 9.47 Å². The molecule has 0 amide bonds. The van der Waals surface area contributed by atoms with Crippen molar-refractivity contribution in [2.24, 2.45) is 0 Å². The fourth-order valence-corrected chi connectivity index (χ4v) is 3.07. The summed E-state index contributed by atoms with van der Waals surface area (Å²) < 4.78 is 12.4. The molecule has 6 heteroatoms. The van der Waals surface area contributed by atoms with Crippen LogP contribution in [0.5, 0.6) is 10.9 Å². The van der Waals surface area contributed by atoms with Crippen molar-refractivity contribution in [1.82, 2.24) is 10.3 Å². The van der Waals surface area contributed by atoms with E-state index in [1.165, 1.54) is 0 Å². The smallest absolute Gasteiger partial charge is 0.274 e. The van der Waals surface area contributed by atoms with Gasteiger partial charge in [-0.15, -0.1) is 12.4 Å². The lowest BCUT2D eigenvalue weighted by Gasteiger charge is -2.22. The van der Waals surface area contributed by atoms with Crippen LogP contribution in [0.4, 0.5) is 0 Å². The third-order valence-electron chi connectivity index (χ3n) is 3.14. The maximum atomic E-state index is 5.95. The van der Waals surface area contributed by atoms with E-state index >= 15 is 0 Å². The average molecular weight is 301 g/mol. The van der Waals surface area contributed by atoms with Crippen molar-refractivity contribution in [3.63, 3.8) is 0 Å². The molecule has 1 fully saturated rings. The first kappa shape index (κ1) is 14.4. The Kier molecular flexibility index (Phi) is 4.85. The predicted octanol–water partition coefficient (Wildman–Crippen LogP) is 2.86. The van der Waals surface area contributed by atoms with E-state index in [-0.39, 0.29) is 18.5 Å². The molecule has 0 radical (unpaired) electrons. The van der Waals surface area contributed by atoms with Gasteiger partial charge >= 0.3 is 0 Å². The van der Waals surface area contributed by atoms with Gasteiger partial charge in [0.2, 0.25) is 0 Å².